The van der Waals surface area contributed by atoms with E-state index in [2.05, 4.69) is 46.6 Å². The molecule has 4 aliphatic carbocycles. The number of hydrogen-bond acceptors (Lipinski definition) is 3. The average molecular weight is 561 g/mol. The summed E-state index contributed by atoms with van der Waals surface area (Å²) in [5.41, 5.74) is 3.09. The first-order valence-electron chi connectivity index (χ1n) is 16.6. The highest BCUT2D eigenvalue weighted by atomic mass is 16.3. The lowest BCUT2D eigenvalue weighted by molar-refractivity contribution is -0.0486. The molecule has 0 saturated heterocycles. The van der Waals surface area contributed by atoms with Crippen LogP contribution in [0.2, 0.25) is 0 Å². The van der Waals surface area contributed by atoms with Gasteiger partial charge in [0.15, 0.2) is 0 Å². The van der Waals surface area contributed by atoms with Gasteiger partial charge in [0.2, 0.25) is 0 Å². The van der Waals surface area contributed by atoms with E-state index < -0.39 is 0 Å². The Bertz CT molecular complexity index is 1450. The third kappa shape index (κ3) is 4.60. The minimum atomic E-state index is -0.168. The fourth-order valence-corrected chi connectivity index (χ4v) is 10.5. The molecule has 9 atom stereocenters. The second-order valence-electron chi connectivity index (χ2n) is 15.5. The topological polar surface area (TPSA) is 75.1 Å². The minimum Gasteiger partial charge on any atom is -0.393 e. The Hall–Kier alpha value is -2.14. The number of benzene rings is 1. The SMILES string of the molecule is CC(C)CCC[C@@H](C)C1C[C@H](n2[nH]c(=O)c3ccccc3c2=O)C2=C3C(CCC21C)C1(C)CC[C@H](O)C[C@@H]1C[C@H]3C. The van der Waals surface area contributed by atoms with Crippen LogP contribution in [0.5, 0.6) is 0 Å². The first-order valence-corrected chi connectivity index (χ1v) is 16.6. The highest BCUT2D eigenvalue weighted by Crippen LogP contribution is 2.68. The second kappa shape index (κ2) is 10.5. The van der Waals surface area contributed by atoms with Crippen LogP contribution in [-0.4, -0.2) is 21.0 Å². The Morgan fingerprint density at radius 2 is 1.73 bits per heavy atom. The molecule has 1 aromatic carbocycles. The number of hydrogen-bond donors (Lipinski definition) is 2. The van der Waals surface area contributed by atoms with E-state index in [4.69, 9.17) is 0 Å². The third-order valence-electron chi connectivity index (χ3n) is 12.6. The summed E-state index contributed by atoms with van der Waals surface area (Å²) in [5, 5.41) is 14.7. The molecule has 3 saturated carbocycles. The highest BCUT2D eigenvalue weighted by Gasteiger charge is 2.59. The van der Waals surface area contributed by atoms with Gasteiger partial charge in [0, 0.05) is 0 Å². The molecule has 4 aliphatic rings. The monoisotopic (exact) mass is 560 g/mol. The van der Waals surface area contributed by atoms with Crippen LogP contribution < -0.4 is 11.1 Å². The summed E-state index contributed by atoms with van der Waals surface area (Å²) in [6.45, 7) is 14.5. The van der Waals surface area contributed by atoms with Crippen molar-refractivity contribution in [2.24, 2.45) is 46.3 Å². The predicted octanol–water partition coefficient (Wildman–Crippen LogP) is 7.63. The largest absolute Gasteiger partial charge is 0.393 e. The molecular formula is C36H52N2O3. The zero-order valence-corrected chi connectivity index (χ0v) is 26.2. The maximum atomic E-state index is 14.1. The quantitative estimate of drug-likeness (QED) is 0.357. The van der Waals surface area contributed by atoms with E-state index in [1.54, 1.807) is 16.3 Å². The number of nitrogens with one attached hydrogen (secondary N) is 1. The molecule has 0 spiro atoms. The molecule has 5 heteroatoms. The van der Waals surface area contributed by atoms with Gasteiger partial charge in [-0.25, -0.2) is 4.68 Å². The lowest BCUT2D eigenvalue weighted by atomic mass is 9.47. The number of aliphatic hydroxyl groups is 1. The van der Waals surface area contributed by atoms with Crippen molar-refractivity contribution in [2.75, 3.05) is 0 Å². The number of H-pyrrole nitrogens is 1. The van der Waals surface area contributed by atoms with Crippen molar-refractivity contribution in [1.29, 1.82) is 0 Å². The molecule has 0 radical (unpaired) electrons. The lowest BCUT2D eigenvalue weighted by Crippen LogP contribution is -2.50. The van der Waals surface area contributed by atoms with E-state index in [0.29, 0.717) is 46.3 Å². The van der Waals surface area contributed by atoms with Crippen molar-refractivity contribution in [3.05, 3.63) is 56.1 Å². The normalized spacial score (nSPS) is 37.7. The first-order chi connectivity index (χ1) is 19.5. The van der Waals surface area contributed by atoms with Crippen molar-refractivity contribution < 1.29 is 5.11 Å². The summed E-state index contributed by atoms with van der Waals surface area (Å²) < 4.78 is 1.75. The molecule has 5 nitrogen and oxygen atoms in total. The highest BCUT2D eigenvalue weighted by molar-refractivity contribution is 5.80. The standard InChI is InChI=1S/C36H52N2O3/c1-21(2)10-9-11-22(3)29-20-30(38-34(41)27-13-8-7-12-26(27)33(40)37-38)32-31-23(4)18-24-19-25(39)14-16-35(24,5)28(31)15-17-36(29,32)6/h7-8,12-13,21-25,28-30,39H,9-11,14-20H2,1-6H3,(H,37,40)/t22-,23-,24+,25+,28?,29?,30+,35?,36?/m1/s1. The van der Waals surface area contributed by atoms with Crippen LogP contribution in [0.4, 0.5) is 0 Å². The van der Waals surface area contributed by atoms with Crippen molar-refractivity contribution in [3.63, 3.8) is 0 Å². The minimum absolute atomic E-state index is 0.0291. The first kappa shape index (κ1) is 29.0. The van der Waals surface area contributed by atoms with E-state index in [-0.39, 0.29) is 34.1 Å². The Kier molecular flexibility index (Phi) is 7.44. The summed E-state index contributed by atoms with van der Waals surface area (Å²) in [6.07, 6.45) is 10.8. The maximum absolute atomic E-state index is 14.1. The molecule has 3 fully saturated rings. The number of allylic oxidation sites excluding steroid dienone is 2. The van der Waals surface area contributed by atoms with Gasteiger partial charge in [-0.3, -0.25) is 14.7 Å². The molecule has 224 valence electrons. The summed E-state index contributed by atoms with van der Waals surface area (Å²) in [7, 11) is 0. The zero-order chi connectivity index (χ0) is 29.3. The molecule has 1 aromatic heterocycles. The Balaban J connectivity index is 1.51. The van der Waals surface area contributed by atoms with Crippen LogP contribution in [0.1, 0.15) is 112 Å². The number of nitrogens with zero attached hydrogens (tertiary/aromatic N) is 1. The van der Waals surface area contributed by atoms with E-state index in [9.17, 15) is 14.7 Å². The number of fused-ring (bicyclic) bond motifs is 5. The maximum Gasteiger partial charge on any atom is 0.273 e. The van der Waals surface area contributed by atoms with Gasteiger partial charge >= 0.3 is 0 Å². The van der Waals surface area contributed by atoms with Crippen molar-refractivity contribution in [3.8, 4) is 0 Å². The summed E-state index contributed by atoms with van der Waals surface area (Å²) in [6, 6.07) is 7.18. The molecule has 1 heterocycles. The van der Waals surface area contributed by atoms with Crippen molar-refractivity contribution in [2.45, 2.75) is 118 Å². The van der Waals surface area contributed by atoms with E-state index >= 15 is 0 Å². The fourth-order valence-electron chi connectivity index (χ4n) is 10.5. The molecule has 6 rings (SSSR count). The van der Waals surface area contributed by atoms with Gasteiger partial charge in [-0.15, -0.1) is 0 Å². The number of aromatic amines is 1. The van der Waals surface area contributed by atoms with Crippen LogP contribution >= 0.6 is 0 Å². The Morgan fingerprint density at radius 1 is 1.00 bits per heavy atom. The van der Waals surface area contributed by atoms with Crippen molar-refractivity contribution in [1.82, 2.24) is 9.78 Å². The third-order valence-corrected chi connectivity index (χ3v) is 12.6. The molecule has 0 aliphatic heterocycles. The van der Waals surface area contributed by atoms with Gasteiger partial charge in [-0.2, -0.15) is 0 Å². The van der Waals surface area contributed by atoms with Gasteiger partial charge in [-0.1, -0.05) is 78.5 Å². The molecule has 0 amide bonds. The Morgan fingerprint density at radius 3 is 2.46 bits per heavy atom. The molecule has 0 bridgehead atoms. The van der Waals surface area contributed by atoms with Gasteiger partial charge in [0.1, 0.15) is 0 Å². The fraction of sp³-hybridized carbons (Fsp3) is 0.722. The predicted molar refractivity (Wildman–Crippen MR) is 167 cm³/mol. The van der Waals surface area contributed by atoms with Crippen molar-refractivity contribution >= 4 is 10.8 Å². The van der Waals surface area contributed by atoms with Crippen LogP contribution in [-0.2, 0) is 0 Å². The van der Waals surface area contributed by atoms with Gasteiger partial charge in [0.25, 0.3) is 11.1 Å². The molecule has 41 heavy (non-hydrogen) atoms. The van der Waals surface area contributed by atoms with Gasteiger partial charge in [0.05, 0.1) is 22.9 Å². The Labute approximate surface area is 245 Å². The van der Waals surface area contributed by atoms with E-state index in [0.717, 1.165) is 38.5 Å². The van der Waals surface area contributed by atoms with Gasteiger partial charge in [-0.05, 0) is 109 Å². The van der Waals surface area contributed by atoms with Gasteiger partial charge < -0.3 is 5.11 Å². The smallest absolute Gasteiger partial charge is 0.273 e. The summed E-state index contributed by atoms with van der Waals surface area (Å²) in [5.74, 6) is 3.23. The van der Waals surface area contributed by atoms with Crippen LogP contribution in [0.15, 0.2) is 45.0 Å². The average Bonchev–Trinajstić information content (AvgIpc) is 3.24. The lowest BCUT2D eigenvalue weighted by Gasteiger charge is -2.58. The van der Waals surface area contributed by atoms with E-state index in [1.807, 2.05) is 18.2 Å². The number of rotatable bonds is 6. The molecular weight excluding hydrogens is 508 g/mol. The van der Waals surface area contributed by atoms with E-state index in [1.165, 1.54) is 31.3 Å². The molecule has 2 N–H and O–H groups in total. The van der Waals surface area contributed by atoms with Crippen LogP contribution in [0.3, 0.4) is 0 Å². The van der Waals surface area contributed by atoms with Crippen LogP contribution in [0, 0.1) is 46.3 Å². The molecule has 4 unspecified atom stereocenters. The summed E-state index contributed by atoms with van der Waals surface area (Å²) >= 11 is 0. The molecule has 2 aromatic rings. The second-order valence-corrected chi connectivity index (χ2v) is 15.5. The summed E-state index contributed by atoms with van der Waals surface area (Å²) in [4.78, 5) is 27.4. The zero-order valence-electron chi connectivity index (χ0n) is 26.2. The number of aliphatic hydroxyl groups excluding tert-OH is 1. The van der Waals surface area contributed by atoms with Crippen LogP contribution in [0.25, 0.3) is 10.8 Å². The number of aromatic nitrogens is 2.